The minimum Gasteiger partial charge on any atom is -0.395 e. The standard InChI is InChI=1S/C15H17BrN2O2/c16-11-1-4-13-10(9-17-14(13)8-11)7-15(20)18(5-6-19)12-2-3-12/h1,4,8-9,12,17,19H,2-3,5-7H2. The van der Waals surface area contributed by atoms with Crippen molar-refractivity contribution in [2.75, 3.05) is 13.2 Å². The molecule has 0 unspecified atom stereocenters. The summed E-state index contributed by atoms with van der Waals surface area (Å²) in [4.78, 5) is 17.4. The molecule has 0 saturated heterocycles. The first-order chi connectivity index (χ1) is 9.69. The summed E-state index contributed by atoms with van der Waals surface area (Å²) in [6.45, 7) is 0.473. The summed E-state index contributed by atoms with van der Waals surface area (Å²) in [6.07, 6.45) is 4.41. The van der Waals surface area contributed by atoms with Crippen LogP contribution >= 0.6 is 15.9 Å². The highest BCUT2D eigenvalue weighted by Gasteiger charge is 2.32. The van der Waals surface area contributed by atoms with E-state index in [1.807, 2.05) is 29.3 Å². The van der Waals surface area contributed by atoms with Crippen molar-refractivity contribution in [2.24, 2.45) is 0 Å². The quantitative estimate of drug-likeness (QED) is 0.881. The van der Waals surface area contributed by atoms with Crippen LogP contribution in [0.25, 0.3) is 10.9 Å². The van der Waals surface area contributed by atoms with E-state index in [0.717, 1.165) is 33.8 Å². The highest BCUT2D eigenvalue weighted by molar-refractivity contribution is 9.10. The first kappa shape index (κ1) is 13.6. The van der Waals surface area contributed by atoms with Gasteiger partial charge in [0.1, 0.15) is 0 Å². The zero-order valence-electron chi connectivity index (χ0n) is 11.1. The number of aromatic amines is 1. The summed E-state index contributed by atoms with van der Waals surface area (Å²) >= 11 is 3.44. The van der Waals surface area contributed by atoms with Gasteiger partial charge in [0.15, 0.2) is 0 Å². The van der Waals surface area contributed by atoms with Crippen LogP contribution in [0.2, 0.25) is 0 Å². The summed E-state index contributed by atoms with van der Waals surface area (Å²) < 4.78 is 1.02. The van der Waals surface area contributed by atoms with Crippen molar-refractivity contribution in [3.8, 4) is 0 Å². The van der Waals surface area contributed by atoms with E-state index in [4.69, 9.17) is 5.11 Å². The second kappa shape index (κ2) is 5.58. The molecule has 0 atom stereocenters. The maximum Gasteiger partial charge on any atom is 0.227 e. The molecule has 0 aliphatic heterocycles. The summed E-state index contributed by atoms with van der Waals surface area (Å²) in [5.74, 6) is 0.102. The third-order valence-corrected chi connectivity index (χ3v) is 4.21. The molecule has 1 aromatic carbocycles. The normalized spacial score (nSPS) is 14.7. The summed E-state index contributed by atoms with van der Waals surface area (Å²) in [7, 11) is 0. The molecule has 2 N–H and O–H groups in total. The fourth-order valence-corrected chi connectivity index (χ4v) is 2.94. The number of benzene rings is 1. The molecule has 3 rings (SSSR count). The van der Waals surface area contributed by atoms with E-state index in [2.05, 4.69) is 20.9 Å². The number of hydrogen-bond donors (Lipinski definition) is 2. The van der Waals surface area contributed by atoms with Crippen LogP contribution in [0.1, 0.15) is 18.4 Å². The first-order valence-corrected chi connectivity index (χ1v) is 7.64. The van der Waals surface area contributed by atoms with Gasteiger partial charge in [-0.3, -0.25) is 4.79 Å². The van der Waals surface area contributed by atoms with E-state index >= 15 is 0 Å². The minimum atomic E-state index is 0.0308. The van der Waals surface area contributed by atoms with Gasteiger partial charge >= 0.3 is 0 Å². The number of nitrogens with zero attached hydrogens (tertiary/aromatic N) is 1. The molecule has 4 nitrogen and oxygen atoms in total. The molecule has 2 aromatic rings. The van der Waals surface area contributed by atoms with Crippen molar-refractivity contribution in [1.29, 1.82) is 0 Å². The van der Waals surface area contributed by atoms with Crippen molar-refractivity contribution in [3.63, 3.8) is 0 Å². The Labute approximate surface area is 125 Å². The number of aromatic nitrogens is 1. The van der Waals surface area contributed by atoms with Gasteiger partial charge in [0.25, 0.3) is 0 Å². The molecule has 0 bridgehead atoms. The van der Waals surface area contributed by atoms with Gasteiger partial charge in [-0.25, -0.2) is 0 Å². The Bertz CT molecular complexity index is 634. The van der Waals surface area contributed by atoms with Crippen LogP contribution in [0.5, 0.6) is 0 Å². The molecule has 5 heteroatoms. The average molecular weight is 337 g/mol. The fraction of sp³-hybridized carbons (Fsp3) is 0.400. The second-order valence-corrected chi connectivity index (χ2v) is 6.14. The largest absolute Gasteiger partial charge is 0.395 e. The molecule has 1 fully saturated rings. The molecule has 0 spiro atoms. The van der Waals surface area contributed by atoms with Gasteiger partial charge in [-0.1, -0.05) is 22.0 Å². The smallest absolute Gasteiger partial charge is 0.227 e. The second-order valence-electron chi connectivity index (χ2n) is 5.22. The molecular formula is C15H17BrN2O2. The Hall–Kier alpha value is -1.33. The SMILES string of the molecule is O=C(Cc1c[nH]c2cc(Br)ccc12)N(CCO)C1CC1. The predicted octanol–water partition coefficient (Wildman–Crippen LogP) is 2.46. The number of amides is 1. The zero-order chi connectivity index (χ0) is 14.1. The van der Waals surface area contributed by atoms with Crippen LogP contribution in [0.3, 0.4) is 0 Å². The molecule has 0 radical (unpaired) electrons. The molecule has 1 aliphatic rings. The van der Waals surface area contributed by atoms with E-state index in [1.165, 1.54) is 0 Å². The van der Waals surface area contributed by atoms with Crippen LogP contribution in [-0.2, 0) is 11.2 Å². The monoisotopic (exact) mass is 336 g/mol. The highest BCUT2D eigenvalue weighted by atomic mass is 79.9. The molecule has 106 valence electrons. The van der Waals surface area contributed by atoms with Gasteiger partial charge in [0, 0.05) is 34.2 Å². The lowest BCUT2D eigenvalue weighted by Gasteiger charge is -2.21. The molecule has 1 aliphatic carbocycles. The number of carbonyl (C=O) groups is 1. The number of aliphatic hydroxyl groups excluding tert-OH is 1. The topological polar surface area (TPSA) is 56.3 Å². The summed E-state index contributed by atoms with van der Waals surface area (Å²) in [6, 6.07) is 6.35. The number of H-pyrrole nitrogens is 1. The Morgan fingerprint density at radius 2 is 2.25 bits per heavy atom. The minimum absolute atomic E-state index is 0.0308. The third-order valence-electron chi connectivity index (χ3n) is 3.72. The van der Waals surface area contributed by atoms with Crippen molar-refractivity contribution < 1.29 is 9.90 Å². The number of nitrogens with one attached hydrogen (secondary N) is 1. The maximum atomic E-state index is 12.4. The van der Waals surface area contributed by atoms with Crippen LogP contribution in [0, 0.1) is 0 Å². The van der Waals surface area contributed by atoms with Crippen LogP contribution in [0.15, 0.2) is 28.9 Å². The van der Waals surface area contributed by atoms with E-state index < -0.39 is 0 Å². The van der Waals surface area contributed by atoms with Gasteiger partial charge in [-0.2, -0.15) is 0 Å². The first-order valence-electron chi connectivity index (χ1n) is 6.85. The number of rotatable bonds is 5. The van der Waals surface area contributed by atoms with Crippen LogP contribution in [0.4, 0.5) is 0 Å². The molecule has 1 amide bonds. The molecule has 1 aromatic heterocycles. The number of hydrogen-bond acceptors (Lipinski definition) is 2. The van der Waals surface area contributed by atoms with Gasteiger partial charge < -0.3 is 15.0 Å². The van der Waals surface area contributed by atoms with Gasteiger partial charge in [-0.05, 0) is 30.5 Å². The van der Waals surface area contributed by atoms with Crippen LogP contribution < -0.4 is 0 Å². The van der Waals surface area contributed by atoms with Gasteiger partial charge in [-0.15, -0.1) is 0 Å². The lowest BCUT2D eigenvalue weighted by Crippen LogP contribution is -2.36. The van der Waals surface area contributed by atoms with Gasteiger partial charge in [0.2, 0.25) is 5.91 Å². The molecular weight excluding hydrogens is 320 g/mol. The number of aliphatic hydroxyl groups is 1. The Balaban J connectivity index is 1.79. The Morgan fingerprint density at radius 3 is 2.95 bits per heavy atom. The number of halogens is 1. The van der Waals surface area contributed by atoms with Crippen molar-refractivity contribution in [1.82, 2.24) is 9.88 Å². The fourth-order valence-electron chi connectivity index (χ4n) is 2.57. The number of carbonyl (C=O) groups excluding carboxylic acids is 1. The highest BCUT2D eigenvalue weighted by Crippen LogP contribution is 2.28. The lowest BCUT2D eigenvalue weighted by molar-refractivity contribution is -0.131. The van der Waals surface area contributed by atoms with Gasteiger partial charge in [0.05, 0.1) is 13.0 Å². The zero-order valence-corrected chi connectivity index (χ0v) is 12.7. The third kappa shape index (κ3) is 2.74. The maximum absolute atomic E-state index is 12.4. The molecule has 1 saturated carbocycles. The van der Waals surface area contributed by atoms with E-state index in [0.29, 0.717) is 19.0 Å². The number of fused-ring (bicyclic) bond motifs is 1. The summed E-state index contributed by atoms with van der Waals surface area (Å²) in [5.41, 5.74) is 2.04. The molecule has 20 heavy (non-hydrogen) atoms. The Kier molecular flexibility index (Phi) is 3.81. The van der Waals surface area contributed by atoms with E-state index in [1.54, 1.807) is 0 Å². The van der Waals surface area contributed by atoms with E-state index in [9.17, 15) is 4.79 Å². The van der Waals surface area contributed by atoms with Crippen molar-refractivity contribution >= 4 is 32.7 Å². The van der Waals surface area contributed by atoms with Crippen molar-refractivity contribution in [2.45, 2.75) is 25.3 Å². The lowest BCUT2D eigenvalue weighted by atomic mass is 10.1. The Morgan fingerprint density at radius 1 is 1.45 bits per heavy atom. The average Bonchev–Trinajstić information content (AvgIpc) is 3.19. The molecule has 1 heterocycles. The van der Waals surface area contributed by atoms with Crippen LogP contribution in [-0.4, -0.2) is 40.1 Å². The summed E-state index contributed by atoms with van der Waals surface area (Å²) in [5, 5.41) is 10.2. The van der Waals surface area contributed by atoms with Crippen molar-refractivity contribution in [3.05, 3.63) is 34.4 Å². The predicted molar refractivity (Wildman–Crippen MR) is 81.5 cm³/mol. The van der Waals surface area contributed by atoms with E-state index in [-0.39, 0.29) is 12.5 Å².